The summed E-state index contributed by atoms with van der Waals surface area (Å²) in [4.78, 5) is 12.0. The molecule has 1 aromatic carbocycles. The quantitative estimate of drug-likeness (QED) is 0.490. The lowest BCUT2D eigenvalue weighted by Crippen LogP contribution is -2.50. The van der Waals surface area contributed by atoms with Gasteiger partial charge in [-0.05, 0) is 39.0 Å². The number of hydrogen-bond acceptors (Lipinski definition) is 2. The third-order valence-electron chi connectivity index (χ3n) is 2.46. The van der Waals surface area contributed by atoms with Crippen molar-refractivity contribution in [2.24, 2.45) is 5.84 Å². The van der Waals surface area contributed by atoms with E-state index in [0.29, 0.717) is 6.07 Å². The van der Waals surface area contributed by atoms with Crippen LogP contribution in [0.25, 0.3) is 0 Å². The maximum Gasteiger partial charge on any atom is 0.417 e. The Morgan fingerprint density at radius 3 is 2.21 bits per heavy atom. The van der Waals surface area contributed by atoms with Crippen LogP contribution in [0.1, 0.15) is 36.7 Å². The number of amides is 1. The second-order valence-corrected chi connectivity index (χ2v) is 5.45. The Balaban J connectivity index is 3.21. The Morgan fingerprint density at radius 1 is 1.26 bits per heavy atom. The molecule has 0 unspecified atom stereocenters. The lowest BCUT2D eigenvalue weighted by atomic mass is 10.1. The van der Waals surface area contributed by atoms with Gasteiger partial charge in [0.2, 0.25) is 0 Å². The first kappa shape index (κ1) is 15.8. The molecule has 0 heterocycles. The summed E-state index contributed by atoms with van der Waals surface area (Å²) in [5, 5.41) is 0.430. The second-order valence-electron chi connectivity index (χ2n) is 5.04. The van der Waals surface area contributed by atoms with Crippen LogP contribution in [0, 0.1) is 0 Å². The number of halogens is 4. The molecule has 0 bridgehead atoms. The highest BCUT2D eigenvalue weighted by atomic mass is 35.5. The van der Waals surface area contributed by atoms with Crippen molar-refractivity contribution >= 4 is 17.5 Å². The predicted molar refractivity (Wildman–Crippen MR) is 66.6 cm³/mol. The van der Waals surface area contributed by atoms with Crippen molar-refractivity contribution < 1.29 is 18.0 Å². The van der Waals surface area contributed by atoms with Gasteiger partial charge in [-0.2, -0.15) is 13.2 Å². The molecule has 1 rings (SSSR count). The monoisotopic (exact) mass is 294 g/mol. The van der Waals surface area contributed by atoms with Crippen molar-refractivity contribution in [3.63, 3.8) is 0 Å². The highest BCUT2D eigenvalue weighted by molar-refractivity contribution is 6.31. The van der Waals surface area contributed by atoms with E-state index in [1.165, 1.54) is 6.07 Å². The molecule has 0 aromatic heterocycles. The summed E-state index contributed by atoms with van der Waals surface area (Å²) in [6.07, 6.45) is -4.62. The number of hydrogen-bond donors (Lipinski definition) is 1. The zero-order valence-corrected chi connectivity index (χ0v) is 11.4. The van der Waals surface area contributed by atoms with Gasteiger partial charge in [0.05, 0.1) is 16.1 Å². The van der Waals surface area contributed by atoms with Crippen molar-refractivity contribution in [1.29, 1.82) is 0 Å². The Bertz CT molecular complexity index is 495. The minimum absolute atomic E-state index is 0.158. The summed E-state index contributed by atoms with van der Waals surface area (Å²) in [5.74, 6) is 4.89. The number of alkyl halides is 3. The summed E-state index contributed by atoms with van der Waals surface area (Å²) < 4.78 is 38.1. The molecule has 7 heteroatoms. The summed E-state index contributed by atoms with van der Waals surface area (Å²) in [6, 6.07) is 2.95. The number of carbonyl (C=O) groups excluding carboxylic acids is 1. The topological polar surface area (TPSA) is 46.3 Å². The van der Waals surface area contributed by atoms with E-state index in [1.807, 2.05) is 0 Å². The average Bonchev–Trinajstić information content (AvgIpc) is 2.25. The molecule has 1 amide bonds. The molecule has 2 N–H and O–H groups in total. The Morgan fingerprint density at radius 2 is 1.79 bits per heavy atom. The van der Waals surface area contributed by atoms with Gasteiger partial charge in [-0.1, -0.05) is 11.6 Å². The molecule has 0 fully saturated rings. The van der Waals surface area contributed by atoms with Crippen molar-refractivity contribution in [2.75, 3.05) is 0 Å². The fraction of sp³-hybridized carbons (Fsp3) is 0.417. The van der Waals surface area contributed by atoms with E-state index in [1.54, 1.807) is 20.8 Å². The van der Waals surface area contributed by atoms with E-state index >= 15 is 0 Å². The lowest BCUT2D eigenvalue weighted by molar-refractivity contribution is -0.137. The molecule has 0 aliphatic rings. The predicted octanol–water partition coefficient (Wildman–Crippen LogP) is 3.47. The van der Waals surface area contributed by atoms with Gasteiger partial charge in [0.1, 0.15) is 0 Å². The van der Waals surface area contributed by atoms with E-state index in [-0.39, 0.29) is 5.56 Å². The van der Waals surface area contributed by atoms with Crippen molar-refractivity contribution in [1.82, 2.24) is 5.01 Å². The molecular weight excluding hydrogens is 281 g/mol. The smallest absolute Gasteiger partial charge is 0.271 e. The second kappa shape index (κ2) is 5.02. The third-order valence-corrected chi connectivity index (χ3v) is 2.79. The van der Waals surface area contributed by atoms with Crippen LogP contribution in [-0.4, -0.2) is 16.5 Å². The summed E-state index contributed by atoms with van der Waals surface area (Å²) >= 11 is 5.48. The van der Waals surface area contributed by atoms with Crippen LogP contribution in [0.5, 0.6) is 0 Å². The molecule has 0 aliphatic heterocycles. The van der Waals surface area contributed by atoms with Gasteiger partial charge in [-0.15, -0.1) is 0 Å². The van der Waals surface area contributed by atoms with Crippen LogP contribution in [-0.2, 0) is 6.18 Å². The molecule has 0 radical (unpaired) electrons. The van der Waals surface area contributed by atoms with Gasteiger partial charge in [0.15, 0.2) is 0 Å². The summed E-state index contributed by atoms with van der Waals surface area (Å²) in [6.45, 7) is 5.02. The Hall–Kier alpha value is -1.27. The largest absolute Gasteiger partial charge is 0.417 e. The van der Waals surface area contributed by atoms with Crippen LogP contribution in [0.4, 0.5) is 13.2 Å². The lowest BCUT2D eigenvalue weighted by Gasteiger charge is -2.31. The van der Waals surface area contributed by atoms with Crippen LogP contribution in [0.15, 0.2) is 18.2 Å². The molecule has 0 saturated heterocycles. The summed E-state index contributed by atoms with van der Waals surface area (Å²) in [5.41, 5.74) is -1.91. The van der Waals surface area contributed by atoms with Crippen molar-refractivity contribution in [2.45, 2.75) is 32.5 Å². The molecule has 19 heavy (non-hydrogen) atoms. The van der Waals surface area contributed by atoms with Crippen LogP contribution in [0.3, 0.4) is 0 Å². The van der Waals surface area contributed by atoms with E-state index in [9.17, 15) is 18.0 Å². The van der Waals surface area contributed by atoms with Gasteiger partial charge >= 0.3 is 6.18 Å². The summed E-state index contributed by atoms with van der Waals surface area (Å²) in [7, 11) is 0. The molecule has 1 aromatic rings. The van der Waals surface area contributed by atoms with Crippen molar-refractivity contribution in [3.8, 4) is 0 Å². The van der Waals surface area contributed by atoms with Gasteiger partial charge in [-0.3, -0.25) is 9.80 Å². The van der Waals surface area contributed by atoms with E-state index in [2.05, 4.69) is 0 Å². The minimum Gasteiger partial charge on any atom is -0.271 e. The third kappa shape index (κ3) is 3.61. The number of rotatable bonds is 1. The molecule has 0 aliphatic carbocycles. The highest BCUT2D eigenvalue weighted by Crippen LogP contribution is 2.35. The van der Waals surface area contributed by atoms with Gasteiger partial charge in [0.25, 0.3) is 5.91 Å². The molecule has 106 valence electrons. The van der Waals surface area contributed by atoms with Crippen LogP contribution >= 0.6 is 11.6 Å². The standard InChI is InChI=1S/C12H14ClF3N2O/c1-11(2,3)18(17)10(19)7-4-5-9(13)8(6-7)12(14,15)16/h4-6H,17H2,1-3H3. The molecule has 0 spiro atoms. The van der Waals surface area contributed by atoms with Gasteiger partial charge in [-0.25, -0.2) is 5.84 Å². The maximum atomic E-state index is 12.7. The Kier molecular flexibility index (Phi) is 4.17. The first-order valence-corrected chi connectivity index (χ1v) is 5.78. The van der Waals surface area contributed by atoms with Gasteiger partial charge < -0.3 is 0 Å². The molecule has 0 atom stereocenters. The highest BCUT2D eigenvalue weighted by Gasteiger charge is 2.34. The van der Waals surface area contributed by atoms with Crippen LogP contribution < -0.4 is 5.84 Å². The number of carbonyl (C=O) groups is 1. The SMILES string of the molecule is CC(C)(C)N(N)C(=O)c1ccc(Cl)c(C(F)(F)F)c1. The first-order chi connectivity index (χ1) is 8.44. The maximum absolute atomic E-state index is 12.7. The molecular formula is C12H14ClF3N2O. The zero-order valence-electron chi connectivity index (χ0n) is 10.7. The Labute approximate surface area is 114 Å². The average molecular weight is 295 g/mol. The van der Waals surface area contributed by atoms with E-state index in [4.69, 9.17) is 17.4 Å². The fourth-order valence-corrected chi connectivity index (χ4v) is 1.54. The normalized spacial score (nSPS) is 12.4. The minimum atomic E-state index is -4.62. The van der Waals surface area contributed by atoms with Gasteiger partial charge in [0, 0.05) is 5.56 Å². The molecule has 0 saturated carbocycles. The number of benzene rings is 1. The van der Waals surface area contributed by atoms with Crippen molar-refractivity contribution in [3.05, 3.63) is 34.3 Å². The number of nitrogens with two attached hydrogens (primary N) is 1. The molecule has 3 nitrogen and oxygen atoms in total. The first-order valence-electron chi connectivity index (χ1n) is 5.40. The van der Waals surface area contributed by atoms with Crippen LogP contribution in [0.2, 0.25) is 5.02 Å². The van der Waals surface area contributed by atoms with E-state index in [0.717, 1.165) is 11.1 Å². The zero-order chi connectivity index (χ0) is 15.0. The van der Waals surface area contributed by atoms with E-state index < -0.39 is 28.2 Å². The number of hydrazine groups is 1. The fourth-order valence-electron chi connectivity index (χ4n) is 1.32. The number of nitrogens with zero attached hydrogens (tertiary/aromatic N) is 1.